The van der Waals surface area contributed by atoms with Crippen molar-refractivity contribution in [2.24, 2.45) is 11.3 Å². The lowest BCUT2D eigenvalue weighted by Crippen LogP contribution is -2.50. The standard InChI is InChI=1S/C22H30N2O7/c1-13-10-15(31-17(13)18(26)29-5)12-30-16(25)11-24-19(27)22(23-20(24)28)8-6-14(7-9-22)21(2,3)4/h10,14H,6-9,11-12H2,1-5H3,(H,23,28). The maximum Gasteiger partial charge on any atom is 0.374 e. The minimum absolute atomic E-state index is 0.0375. The van der Waals surface area contributed by atoms with Crippen LogP contribution in [0.1, 0.15) is 68.3 Å². The average molecular weight is 434 g/mol. The van der Waals surface area contributed by atoms with Gasteiger partial charge < -0.3 is 19.2 Å². The number of furan rings is 1. The fraction of sp³-hybridized carbons (Fsp3) is 0.636. The molecule has 0 radical (unpaired) electrons. The Morgan fingerprint density at radius 2 is 1.90 bits per heavy atom. The molecule has 31 heavy (non-hydrogen) atoms. The summed E-state index contributed by atoms with van der Waals surface area (Å²) < 4.78 is 15.1. The van der Waals surface area contributed by atoms with E-state index in [4.69, 9.17) is 9.15 Å². The van der Waals surface area contributed by atoms with Gasteiger partial charge in [0.2, 0.25) is 5.76 Å². The van der Waals surface area contributed by atoms with E-state index < -0.39 is 30.1 Å². The largest absolute Gasteiger partial charge is 0.463 e. The van der Waals surface area contributed by atoms with Gasteiger partial charge in [-0.1, -0.05) is 20.8 Å². The fourth-order valence-corrected chi connectivity index (χ4v) is 4.38. The Bertz CT molecular complexity index is 888. The number of amides is 3. The van der Waals surface area contributed by atoms with Crippen molar-refractivity contribution in [1.29, 1.82) is 0 Å². The Balaban J connectivity index is 1.57. The molecule has 2 fully saturated rings. The third-order valence-electron chi connectivity index (χ3n) is 6.31. The number of ether oxygens (including phenoxy) is 2. The summed E-state index contributed by atoms with van der Waals surface area (Å²) in [5.41, 5.74) is -0.221. The van der Waals surface area contributed by atoms with Gasteiger partial charge in [0.1, 0.15) is 24.5 Å². The molecule has 3 amide bonds. The van der Waals surface area contributed by atoms with E-state index in [0.717, 1.165) is 17.7 Å². The van der Waals surface area contributed by atoms with Crippen LogP contribution in [-0.4, -0.2) is 48.0 Å². The SMILES string of the molecule is COC(=O)c1oc(COC(=O)CN2C(=O)NC3(CCC(C(C)(C)C)CC3)C2=O)cc1C. The number of hydrogen-bond acceptors (Lipinski definition) is 7. The van der Waals surface area contributed by atoms with Gasteiger partial charge in [0.15, 0.2) is 0 Å². The molecule has 1 aromatic heterocycles. The van der Waals surface area contributed by atoms with Crippen LogP contribution in [0.4, 0.5) is 4.79 Å². The highest BCUT2D eigenvalue weighted by Crippen LogP contribution is 2.43. The number of carbonyl (C=O) groups excluding carboxylic acids is 4. The number of nitrogens with zero attached hydrogens (tertiary/aromatic N) is 1. The van der Waals surface area contributed by atoms with Crippen molar-refractivity contribution in [3.05, 3.63) is 23.2 Å². The zero-order valence-corrected chi connectivity index (χ0v) is 18.7. The number of rotatable bonds is 5. The first kappa shape index (κ1) is 22.8. The second-order valence-corrected chi connectivity index (χ2v) is 9.42. The Kier molecular flexibility index (Phi) is 6.16. The van der Waals surface area contributed by atoms with Crippen LogP contribution in [-0.2, 0) is 25.7 Å². The summed E-state index contributed by atoms with van der Waals surface area (Å²) in [6.45, 7) is 7.52. The fourth-order valence-electron chi connectivity index (χ4n) is 4.38. The van der Waals surface area contributed by atoms with Crippen molar-refractivity contribution < 1.29 is 33.1 Å². The number of nitrogens with one attached hydrogen (secondary N) is 1. The Labute approximate surface area is 181 Å². The van der Waals surface area contributed by atoms with Gasteiger partial charge in [-0.2, -0.15) is 0 Å². The summed E-state index contributed by atoms with van der Waals surface area (Å²) in [6, 6.07) is 0.994. The number of aryl methyl sites for hydroxylation is 1. The first-order chi connectivity index (χ1) is 14.5. The smallest absolute Gasteiger partial charge is 0.374 e. The summed E-state index contributed by atoms with van der Waals surface area (Å²) in [5.74, 6) is -0.952. The van der Waals surface area contributed by atoms with Gasteiger partial charge in [0.05, 0.1) is 7.11 Å². The average Bonchev–Trinajstić information content (AvgIpc) is 3.18. The van der Waals surface area contributed by atoms with Crippen LogP contribution in [0.5, 0.6) is 0 Å². The van der Waals surface area contributed by atoms with E-state index >= 15 is 0 Å². The second kappa shape index (κ2) is 8.36. The Morgan fingerprint density at radius 3 is 2.48 bits per heavy atom. The number of methoxy groups -OCH3 is 1. The highest BCUT2D eigenvalue weighted by Gasteiger charge is 2.53. The molecule has 9 nitrogen and oxygen atoms in total. The summed E-state index contributed by atoms with van der Waals surface area (Å²) in [6.07, 6.45) is 2.81. The number of carbonyl (C=O) groups is 4. The zero-order chi connectivity index (χ0) is 23.0. The van der Waals surface area contributed by atoms with Crippen molar-refractivity contribution in [2.45, 2.75) is 65.5 Å². The normalized spacial score (nSPS) is 23.8. The monoisotopic (exact) mass is 434 g/mol. The van der Waals surface area contributed by atoms with Crippen molar-refractivity contribution in [3.63, 3.8) is 0 Å². The molecule has 1 saturated carbocycles. The second-order valence-electron chi connectivity index (χ2n) is 9.42. The molecule has 1 aliphatic heterocycles. The maximum atomic E-state index is 13.0. The number of imide groups is 1. The molecule has 0 bridgehead atoms. The minimum atomic E-state index is -0.924. The first-order valence-electron chi connectivity index (χ1n) is 10.4. The molecule has 3 rings (SSSR count). The van der Waals surface area contributed by atoms with Gasteiger partial charge in [-0.05, 0) is 50.0 Å². The Morgan fingerprint density at radius 1 is 1.26 bits per heavy atom. The molecule has 9 heteroatoms. The van der Waals surface area contributed by atoms with Gasteiger partial charge in [-0.15, -0.1) is 0 Å². The third-order valence-corrected chi connectivity index (χ3v) is 6.31. The number of hydrogen-bond donors (Lipinski definition) is 1. The molecule has 1 spiro atoms. The van der Waals surface area contributed by atoms with Crippen LogP contribution in [0.2, 0.25) is 0 Å². The van der Waals surface area contributed by atoms with Crippen LogP contribution in [0, 0.1) is 18.3 Å². The van der Waals surface area contributed by atoms with Crippen molar-refractivity contribution in [2.75, 3.05) is 13.7 Å². The van der Waals surface area contributed by atoms with E-state index in [2.05, 4.69) is 30.8 Å². The first-order valence-corrected chi connectivity index (χ1v) is 10.4. The van der Waals surface area contributed by atoms with Gasteiger partial charge in [-0.25, -0.2) is 9.59 Å². The molecule has 1 N–H and O–H groups in total. The summed E-state index contributed by atoms with van der Waals surface area (Å²) in [5, 5.41) is 2.81. The number of urea groups is 1. The van der Waals surface area contributed by atoms with Crippen molar-refractivity contribution in [1.82, 2.24) is 10.2 Å². The van der Waals surface area contributed by atoms with Gasteiger partial charge in [-0.3, -0.25) is 14.5 Å². The molecule has 0 aromatic carbocycles. The molecule has 170 valence electrons. The van der Waals surface area contributed by atoms with Crippen LogP contribution < -0.4 is 5.32 Å². The Hall–Kier alpha value is -2.84. The van der Waals surface area contributed by atoms with Gasteiger partial charge in [0, 0.05) is 5.56 Å². The van der Waals surface area contributed by atoms with E-state index in [9.17, 15) is 19.2 Å². The van der Waals surface area contributed by atoms with E-state index in [-0.39, 0.29) is 29.4 Å². The van der Waals surface area contributed by atoms with Crippen molar-refractivity contribution >= 4 is 23.9 Å². The van der Waals surface area contributed by atoms with Crippen LogP contribution in [0.25, 0.3) is 0 Å². The van der Waals surface area contributed by atoms with Crippen LogP contribution in [0.3, 0.4) is 0 Å². The summed E-state index contributed by atoms with van der Waals surface area (Å²) in [7, 11) is 1.24. The van der Waals surface area contributed by atoms with E-state index in [1.807, 2.05) is 0 Å². The van der Waals surface area contributed by atoms with Crippen molar-refractivity contribution in [3.8, 4) is 0 Å². The molecule has 0 unspecified atom stereocenters. The molecular weight excluding hydrogens is 404 g/mol. The quantitative estimate of drug-likeness (QED) is 0.559. The van der Waals surface area contributed by atoms with Crippen LogP contribution in [0.15, 0.2) is 10.5 Å². The predicted molar refractivity (Wildman–Crippen MR) is 109 cm³/mol. The minimum Gasteiger partial charge on any atom is -0.463 e. The lowest BCUT2D eigenvalue weighted by molar-refractivity contribution is -0.149. The molecule has 2 heterocycles. The highest BCUT2D eigenvalue weighted by atomic mass is 16.6. The lowest BCUT2D eigenvalue weighted by Gasteiger charge is -2.40. The molecule has 1 aromatic rings. The molecule has 0 atom stereocenters. The summed E-state index contributed by atoms with van der Waals surface area (Å²) >= 11 is 0. The lowest BCUT2D eigenvalue weighted by atomic mass is 9.67. The third kappa shape index (κ3) is 4.60. The molecule has 1 aliphatic carbocycles. The van der Waals surface area contributed by atoms with E-state index in [0.29, 0.717) is 24.3 Å². The molecule has 1 saturated heterocycles. The van der Waals surface area contributed by atoms with Gasteiger partial charge in [0.25, 0.3) is 5.91 Å². The highest BCUT2D eigenvalue weighted by molar-refractivity contribution is 6.08. The molecule has 2 aliphatic rings. The van der Waals surface area contributed by atoms with E-state index in [1.165, 1.54) is 7.11 Å². The zero-order valence-electron chi connectivity index (χ0n) is 18.7. The van der Waals surface area contributed by atoms with Gasteiger partial charge >= 0.3 is 18.0 Å². The van der Waals surface area contributed by atoms with E-state index in [1.54, 1.807) is 13.0 Å². The maximum absolute atomic E-state index is 13.0. The molecular formula is C22H30N2O7. The topological polar surface area (TPSA) is 115 Å². The number of esters is 2. The summed E-state index contributed by atoms with van der Waals surface area (Å²) in [4.78, 5) is 50.2. The predicted octanol–water partition coefficient (Wildman–Crippen LogP) is 2.94. The van der Waals surface area contributed by atoms with Crippen LogP contribution >= 0.6 is 0 Å².